The van der Waals surface area contributed by atoms with E-state index >= 15 is 0 Å². The monoisotopic (exact) mass is 261 g/mol. The Morgan fingerprint density at radius 1 is 1.26 bits per heavy atom. The molecule has 0 aliphatic carbocycles. The van der Waals surface area contributed by atoms with Crippen molar-refractivity contribution < 1.29 is 0 Å². The minimum atomic E-state index is 0.392. The van der Waals surface area contributed by atoms with Crippen molar-refractivity contribution in [1.82, 2.24) is 15.6 Å². The van der Waals surface area contributed by atoms with Gasteiger partial charge >= 0.3 is 0 Å². The van der Waals surface area contributed by atoms with Gasteiger partial charge in [0.2, 0.25) is 0 Å². The summed E-state index contributed by atoms with van der Waals surface area (Å²) in [6, 6.07) is 5.81. The molecule has 2 N–H and O–H groups in total. The summed E-state index contributed by atoms with van der Waals surface area (Å²) in [6.45, 7) is 5.72. The van der Waals surface area contributed by atoms with E-state index in [-0.39, 0.29) is 0 Å². The standard InChI is InChI=1S/C16H27N3/c1-13(12-16-6-4-3-5-9-18-16)19-14(2)15-7-10-17-11-8-15/h7-8,10-11,13-14,16,18-19H,3-6,9,12H2,1-2H3/t13?,14-,16?/m0/s1. The van der Waals surface area contributed by atoms with E-state index in [1.165, 1.54) is 44.2 Å². The second-order valence-corrected chi connectivity index (χ2v) is 5.81. The van der Waals surface area contributed by atoms with Gasteiger partial charge in [-0.3, -0.25) is 4.98 Å². The van der Waals surface area contributed by atoms with Gasteiger partial charge in [0.1, 0.15) is 0 Å². The van der Waals surface area contributed by atoms with E-state index in [2.05, 4.69) is 41.6 Å². The van der Waals surface area contributed by atoms with Crippen molar-refractivity contribution in [3.63, 3.8) is 0 Å². The highest BCUT2D eigenvalue weighted by Gasteiger charge is 2.16. The lowest BCUT2D eigenvalue weighted by Crippen LogP contribution is -2.37. The molecule has 106 valence electrons. The van der Waals surface area contributed by atoms with Gasteiger partial charge in [0.15, 0.2) is 0 Å². The first-order valence-electron chi connectivity index (χ1n) is 7.65. The average Bonchev–Trinajstić information content (AvgIpc) is 2.68. The molecule has 3 nitrogen and oxygen atoms in total. The number of pyridine rings is 1. The van der Waals surface area contributed by atoms with Gasteiger partial charge in [0.05, 0.1) is 0 Å². The highest BCUT2D eigenvalue weighted by molar-refractivity contribution is 5.14. The summed E-state index contributed by atoms with van der Waals surface area (Å²) in [6.07, 6.45) is 10.4. The zero-order chi connectivity index (χ0) is 13.5. The summed E-state index contributed by atoms with van der Waals surface area (Å²) in [5, 5.41) is 7.37. The fraction of sp³-hybridized carbons (Fsp3) is 0.688. The molecule has 2 heterocycles. The predicted octanol–water partition coefficient (Wildman–Crippen LogP) is 3.04. The van der Waals surface area contributed by atoms with Gasteiger partial charge in [0.25, 0.3) is 0 Å². The molecule has 1 aliphatic heterocycles. The van der Waals surface area contributed by atoms with Crippen LogP contribution in [0.2, 0.25) is 0 Å². The van der Waals surface area contributed by atoms with Crippen LogP contribution >= 0.6 is 0 Å². The molecule has 1 aromatic rings. The van der Waals surface area contributed by atoms with Crippen molar-refractivity contribution in [3.8, 4) is 0 Å². The van der Waals surface area contributed by atoms with Crippen LogP contribution in [0.3, 0.4) is 0 Å². The van der Waals surface area contributed by atoms with Gasteiger partial charge in [-0.05, 0) is 57.4 Å². The number of rotatable bonds is 5. The summed E-state index contributed by atoms with van der Waals surface area (Å²) in [5.41, 5.74) is 1.32. The second-order valence-electron chi connectivity index (χ2n) is 5.81. The molecule has 2 unspecified atom stereocenters. The van der Waals surface area contributed by atoms with Crippen LogP contribution in [0, 0.1) is 0 Å². The van der Waals surface area contributed by atoms with Crippen molar-refractivity contribution in [2.75, 3.05) is 6.54 Å². The van der Waals surface area contributed by atoms with E-state index < -0.39 is 0 Å². The fourth-order valence-corrected chi connectivity index (χ4v) is 2.97. The molecule has 0 amide bonds. The van der Waals surface area contributed by atoms with Gasteiger partial charge in [0, 0.05) is 30.5 Å². The molecule has 0 radical (unpaired) electrons. The summed E-state index contributed by atoms with van der Waals surface area (Å²) in [7, 11) is 0. The molecule has 0 saturated carbocycles. The van der Waals surface area contributed by atoms with E-state index in [0.29, 0.717) is 18.1 Å². The van der Waals surface area contributed by atoms with E-state index in [4.69, 9.17) is 0 Å². The molecule has 1 saturated heterocycles. The molecule has 2 rings (SSSR count). The summed E-state index contributed by atoms with van der Waals surface area (Å²) in [4.78, 5) is 4.07. The molecule has 0 aromatic carbocycles. The number of nitrogens with one attached hydrogen (secondary N) is 2. The highest BCUT2D eigenvalue weighted by atomic mass is 15.0. The Hall–Kier alpha value is -0.930. The lowest BCUT2D eigenvalue weighted by Gasteiger charge is -2.24. The molecular weight excluding hydrogens is 234 g/mol. The maximum Gasteiger partial charge on any atom is 0.0295 e. The zero-order valence-corrected chi connectivity index (χ0v) is 12.2. The predicted molar refractivity (Wildman–Crippen MR) is 80.1 cm³/mol. The number of aromatic nitrogens is 1. The summed E-state index contributed by atoms with van der Waals surface area (Å²) in [5.74, 6) is 0. The van der Waals surface area contributed by atoms with Crippen LogP contribution in [-0.4, -0.2) is 23.6 Å². The molecule has 3 atom stereocenters. The molecule has 1 aliphatic rings. The molecule has 0 spiro atoms. The zero-order valence-electron chi connectivity index (χ0n) is 12.2. The Labute approximate surface area is 117 Å². The van der Waals surface area contributed by atoms with Crippen LogP contribution in [0.25, 0.3) is 0 Å². The maximum absolute atomic E-state index is 4.07. The third-order valence-electron chi connectivity index (χ3n) is 4.04. The Bertz CT molecular complexity index is 344. The number of hydrogen-bond donors (Lipinski definition) is 2. The Kier molecular flexibility index (Phi) is 5.80. The largest absolute Gasteiger partial charge is 0.314 e. The van der Waals surface area contributed by atoms with Crippen LogP contribution in [0.5, 0.6) is 0 Å². The third-order valence-corrected chi connectivity index (χ3v) is 4.04. The molecule has 1 fully saturated rings. The van der Waals surface area contributed by atoms with Crippen molar-refractivity contribution in [3.05, 3.63) is 30.1 Å². The number of nitrogens with zero attached hydrogens (tertiary/aromatic N) is 1. The molecule has 3 heteroatoms. The van der Waals surface area contributed by atoms with Gasteiger partial charge in [-0.15, -0.1) is 0 Å². The van der Waals surface area contributed by atoms with Crippen LogP contribution in [0.1, 0.15) is 57.6 Å². The van der Waals surface area contributed by atoms with Crippen molar-refractivity contribution in [2.45, 2.75) is 64.1 Å². The number of hydrogen-bond acceptors (Lipinski definition) is 3. The molecular formula is C16H27N3. The normalized spacial score (nSPS) is 23.6. The van der Waals surface area contributed by atoms with Gasteiger partial charge in [-0.25, -0.2) is 0 Å². The van der Waals surface area contributed by atoms with Crippen molar-refractivity contribution in [2.24, 2.45) is 0 Å². The summed E-state index contributed by atoms with van der Waals surface area (Å²) < 4.78 is 0. The lowest BCUT2D eigenvalue weighted by molar-refractivity contribution is 0.380. The highest BCUT2D eigenvalue weighted by Crippen LogP contribution is 2.16. The quantitative estimate of drug-likeness (QED) is 0.855. The minimum Gasteiger partial charge on any atom is -0.314 e. The van der Waals surface area contributed by atoms with Crippen LogP contribution in [-0.2, 0) is 0 Å². The fourth-order valence-electron chi connectivity index (χ4n) is 2.97. The molecule has 0 bridgehead atoms. The third kappa shape index (κ3) is 4.92. The van der Waals surface area contributed by atoms with Crippen LogP contribution < -0.4 is 10.6 Å². The second kappa shape index (κ2) is 7.61. The topological polar surface area (TPSA) is 37.0 Å². The van der Waals surface area contributed by atoms with Crippen molar-refractivity contribution >= 4 is 0 Å². The molecule has 19 heavy (non-hydrogen) atoms. The van der Waals surface area contributed by atoms with E-state index in [9.17, 15) is 0 Å². The maximum atomic E-state index is 4.07. The first-order chi connectivity index (χ1) is 9.25. The van der Waals surface area contributed by atoms with E-state index in [1.54, 1.807) is 0 Å². The van der Waals surface area contributed by atoms with Gasteiger partial charge < -0.3 is 10.6 Å². The summed E-state index contributed by atoms with van der Waals surface area (Å²) >= 11 is 0. The Balaban J connectivity index is 1.78. The average molecular weight is 261 g/mol. The Morgan fingerprint density at radius 2 is 2.05 bits per heavy atom. The van der Waals surface area contributed by atoms with Gasteiger partial charge in [-0.2, -0.15) is 0 Å². The van der Waals surface area contributed by atoms with Gasteiger partial charge in [-0.1, -0.05) is 12.8 Å². The van der Waals surface area contributed by atoms with E-state index in [1.807, 2.05) is 12.4 Å². The smallest absolute Gasteiger partial charge is 0.0295 e. The minimum absolute atomic E-state index is 0.392. The first kappa shape index (κ1) is 14.5. The Morgan fingerprint density at radius 3 is 2.84 bits per heavy atom. The van der Waals surface area contributed by atoms with Crippen LogP contribution in [0.4, 0.5) is 0 Å². The van der Waals surface area contributed by atoms with E-state index in [0.717, 1.165) is 0 Å². The lowest BCUT2D eigenvalue weighted by atomic mass is 10.0. The first-order valence-corrected chi connectivity index (χ1v) is 7.65. The SMILES string of the molecule is CC(CC1CCCCCN1)N[C@@H](C)c1ccncc1. The van der Waals surface area contributed by atoms with Crippen LogP contribution in [0.15, 0.2) is 24.5 Å². The molecule has 1 aromatic heterocycles. The van der Waals surface area contributed by atoms with Crippen molar-refractivity contribution in [1.29, 1.82) is 0 Å².